The number of hydrogen-bond donors (Lipinski definition) is 1. The highest BCUT2D eigenvalue weighted by Crippen LogP contribution is 2.42. The molecule has 0 bridgehead atoms. The van der Waals surface area contributed by atoms with E-state index in [1.807, 2.05) is 5.38 Å². The highest BCUT2D eigenvalue weighted by molar-refractivity contribution is 7.14. The van der Waals surface area contributed by atoms with Gasteiger partial charge in [-0.25, -0.2) is 9.78 Å². The normalized spacial score (nSPS) is 15.2. The molecule has 0 radical (unpaired) electrons. The number of aromatic carboxylic acids is 1. The van der Waals surface area contributed by atoms with E-state index in [0.717, 1.165) is 10.6 Å². The van der Waals surface area contributed by atoms with E-state index in [1.54, 1.807) is 22.8 Å². The second-order valence-electron chi connectivity index (χ2n) is 3.85. The zero-order valence-corrected chi connectivity index (χ0v) is 9.98. The van der Waals surface area contributed by atoms with Gasteiger partial charge in [-0.1, -0.05) is 0 Å². The van der Waals surface area contributed by atoms with Gasteiger partial charge in [-0.2, -0.15) is 0 Å². The van der Waals surface area contributed by atoms with Crippen LogP contribution in [0.2, 0.25) is 0 Å². The fourth-order valence-electron chi connectivity index (χ4n) is 1.50. The van der Waals surface area contributed by atoms with Crippen molar-refractivity contribution >= 4 is 28.6 Å². The number of nitrogens with zero attached hydrogens (tertiary/aromatic N) is 1. The molecule has 1 aliphatic rings. The van der Waals surface area contributed by atoms with Crippen LogP contribution in [-0.2, 0) is 0 Å². The van der Waals surface area contributed by atoms with Gasteiger partial charge in [-0.3, -0.25) is 0 Å². The summed E-state index contributed by atoms with van der Waals surface area (Å²) < 4.78 is 0. The molecular formula is C11H9NO2S2. The first-order chi connectivity index (χ1) is 7.74. The van der Waals surface area contributed by atoms with Gasteiger partial charge >= 0.3 is 5.97 Å². The highest BCUT2D eigenvalue weighted by atomic mass is 32.1. The van der Waals surface area contributed by atoms with Crippen LogP contribution in [0.25, 0.3) is 10.6 Å². The third-order valence-corrected chi connectivity index (χ3v) is 4.51. The van der Waals surface area contributed by atoms with Crippen LogP contribution in [-0.4, -0.2) is 16.1 Å². The minimum Gasteiger partial charge on any atom is -0.478 e. The molecule has 0 spiro atoms. The van der Waals surface area contributed by atoms with Gasteiger partial charge in [0, 0.05) is 16.7 Å². The molecule has 2 aromatic rings. The zero-order chi connectivity index (χ0) is 11.1. The summed E-state index contributed by atoms with van der Waals surface area (Å²) in [6.45, 7) is 0. The lowest BCUT2D eigenvalue weighted by molar-refractivity contribution is 0.0697. The number of carboxylic acid groups (broad SMARTS) is 1. The Labute approximate surface area is 100 Å². The zero-order valence-electron chi connectivity index (χ0n) is 8.34. The summed E-state index contributed by atoms with van der Waals surface area (Å²) in [6, 6.07) is 1.69. The van der Waals surface area contributed by atoms with Crippen molar-refractivity contribution in [3.05, 3.63) is 27.4 Å². The van der Waals surface area contributed by atoms with Gasteiger partial charge in [0.15, 0.2) is 0 Å². The van der Waals surface area contributed by atoms with Gasteiger partial charge in [0.05, 0.1) is 21.1 Å². The number of thiophene rings is 1. The van der Waals surface area contributed by atoms with Gasteiger partial charge in [-0.15, -0.1) is 22.7 Å². The van der Waals surface area contributed by atoms with Crippen LogP contribution in [0.1, 0.15) is 34.1 Å². The van der Waals surface area contributed by atoms with Crippen LogP contribution in [0, 0.1) is 0 Å². The molecule has 82 valence electrons. The summed E-state index contributed by atoms with van der Waals surface area (Å²) in [5, 5.41) is 13.7. The number of aromatic nitrogens is 1. The second kappa shape index (κ2) is 3.68. The molecule has 1 N–H and O–H groups in total. The molecule has 5 heteroatoms. The molecule has 16 heavy (non-hydrogen) atoms. The van der Waals surface area contributed by atoms with Crippen LogP contribution in [0.3, 0.4) is 0 Å². The molecule has 1 saturated carbocycles. The van der Waals surface area contributed by atoms with Gasteiger partial charge < -0.3 is 5.11 Å². The predicted octanol–water partition coefficient (Wildman–Crippen LogP) is 3.45. The number of thiazole rings is 1. The average Bonchev–Trinajstić information content (AvgIpc) is 2.83. The fourth-order valence-corrected chi connectivity index (χ4v) is 3.41. The average molecular weight is 251 g/mol. The van der Waals surface area contributed by atoms with E-state index in [0.29, 0.717) is 11.5 Å². The Bertz CT molecular complexity index is 540. The standard InChI is InChI=1S/C11H9NO2S2/c13-11(14)7-3-9(15-4-7)8-5-16-10(12-8)6-1-2-6/h3-6H,1-2H2,(H,13,14). The van der Waals surface area contributed by atoms with Crippen molar-refractivity contribution in [2.45, 2.75) is 18.8 Å². The lowest BCUT2D eigenvalue weighted by Crippen LogP contribution is -1.91. The third kappa shape index (κ3) is 1.76. The van der Waals surface area contributed by atoms with E-state index in [9.17, 15) is 4.79 Å². The van der Waals surface area contributed by atoms with Crippen molar-refractivity contribution in [1.29, 1.82) is 0 Å². The summed E-state index contributed by atoms with van der Waals surface area (Å²) in [4.78, 5) is 16.3. The topological polar surface area (TPSA) is 50.2 Å². The second-order valence-corrected chi connectivity index (χ2v) is 5.65. The molecular weight excluding hydrogens is 242 g/mol. The lowest BCUT2D eigenvalue weighted by atomic mass is 10.3. The molecule has 1 fully saturated rings. The monoisotopic (exact) mass is 251 g/mol. The lowest BCUT2D eigenvalue weighted by Gasteiger charge is -1.88. The number of rotatable bonds is 3. The summed E-state index contributed by atoms with van der Waals surface area (Å²) in [6.07, 6.45) is 2.50. The first-order valence-corrected chi connectivity index (χ1v) is 6.77. The van der Waals surface area contributed by atoms with Gasteiger partial charge in [0.25, 0.3) is 0 Å². The third-order valence-electron chi connectivity index (χ3n) is 2.55. The van der Waals surface area contributed by atoms with E-state index >= 15 is 0 Å². The van der Waals surface area contributed by atoms with E-state index < -0.39 is 5.97 Å². The number of carboxylic acids is 1. The molecule has 3 nitrogen and oxygen atoms in total. The minimum atomic E-state index is -0.875. The molecule has 0 amide bonds. The molecule has 0 atom stereocenters. The van der Waals surface area contributed by atoms with Crippen LogP contribution in [0.4, 0.5) is 0 Å². The molecule has 2 heterocycles. The van der Waals surface area contributed by atoms with Crippen molar-refractivity contribution in [2.75, 3.05) is 0 Å². The Morgan fingerprint density at radius 3 is 2.81 bits per heavy atom. The molecule has 1 aliphatic carbocycles. The first kappa shape index (κ1) is 9.99. The fraction of sp³-hybridized carbons (Fsp3) is 0.273. The summed E-state index contributed by atoms with van der Waals surface area (Å²) in [7, 11) is 0. The number of hydrogen-bond acceptors (Lipinski definition) is 4. The van der Waals surface area contributed by atoms with Crippen molar-refractivity contribution in [3.63, 3.8) is 0 Å². The summed E-state index contributed by atoms with van der Waals surface area (Å²) >= 11 is 3.12. The van der Waals surface area contributed by atoms with Crippen molar-refractivity contribution in [1.82, 2.24) is 4.98 Å². The maximum absolute atomic E-state index is 10.8. The van der Waals surface area contributed by atoms with Crippen molar-refractivity contribution in [2.24, 2.45) is 0 Å². The molecule has 0 unspecified atom stereocenters. The number of carbonyl (C=O) groups is 1. The Morgan fingerprint density at radius 1 is 1.38 bits per heavy atom. The molecule has 0 aliphatic heterocycles. The Kier molecular flexibility index (Phi) is 2.29. The molecule has 3 rings (SSSR count). The summed E-state index contributed by atoms with van der Waals surface area (Å²) in [5.41, 5.74) is 1.27. The van der Waals surface area contributed by atoms with Crippen LogP contribution >= 0.6 is 22.7 Å². The van der Waals surface area contributed by atoms with Crippen LogP contribution < -0.4 is 0 Å². The SMILES string of the molecule is O=C(O)c1csc(-c2csc(C3CC3)n2)c1. The van der Waals surface area contributed by atoms with Crippen LogP contribution in [0.5, 0.6) is 0 Å². The van der Waals surface area contributed by atoms with Gasteiger partial charge in [0.2, 0.25) is 0 Å². The first-order valence-electron chi connectivity index (χ1n) is 5.01. The predicted molar refractivity (Wildman–Crippen MR) is 64.4 cm³/mol. The highest BCUT2D eigenvalue weighted by Gasteiger charge is 2.26. The van der Waals surface area contributed by atoms with Gasteiger partial charge in [-0.05, 0) is 18.9 Å². The maximum atomic E-state index is 10.8. The van der Waals surface area contributed by atoms with E-state index in [1.165, 1.54) is 29.2 Å². The van der Waals surface area contributed by atoms with Crippen LogP contribution in [0.15, 0.2) is 16.8 Å². The Balaban J connectivity index is 1.91. The molecule has 2 aromatic heterocycles. The van der Waals surface area contributed by atoms with E-state index in [2.05, 4.69) is 4.98 Å². The maximum Gasteiger partial charge on any atom is 0.336 e. The van der Waals surface area contributed by atoms with Crippen molar-refractivity contribution in [3.8, 4) is 10.6 Å². The van der Waals surface area contributed by atoms with Crippen molar-refractivity contribution < 1.29 is 9.90 Å². The van der Waals surface area contributed by atoms with E-state index in [-0.39, 0.29) is 0 Å². The minimum absolute atomic E-state index is 0.348. The van der Waals surface area contributed by atoms with E-state index in [4.69, 9.17) is 5.11 Å². The summed E-state index contributed by atoms with van der Waals surface area (Å²) in [5.74, 6) is -0.210. The Morgan fingerprint density at radius 2 is 2.19 bits per heavy atom. The largest absolute Gasteiger partial charge is 0.478 e. The quantitative estimate of drug-likeness (QED) is 0.909. The molecule has 0 aromatic carbocycles. The smallest absolute Gasteiger partial charge is 0.336 e. The van der Waals surface area contributed by atoms with Gasteiger partial charge in [0.1, 0.15) is 0 Å². The Hall–Kier alpha value is -1.20. The molecule has 0 saturated heterocycles.